The van der Waals surface area contributed by atoms with Crippen LogP contribution in [0.2, 0.25) is 13.1 Å². The number of aromatic nitrogens is 2. The Morgan fingerprint density at radius 2 is 1.62 bits per heavy atom. The minimum atomic E-state index is -4.34. The molecule has 0 spiro atoms. The van der Waals surface area contributed by atoms with E-state index in [2.05, 4.69) is 39.0 Å². The van der Waals surface area contributed by atoms with Crippen molar-refractivity contribution in [3.8, 4) is 11.3 Å². The lowest BCUT2D eigenvalue weighted by Crippen LogP contribution is -2.28. The van der Waals surface area contributed by atoms with Crippen molar-refractivity contribution in [2.45, 2.75) is 53.1 Å². The lowest BCUT2D eigenvalue weighted by Gasteiger charge is -2.33. The fraction of sp³-hybridized carbons (Fsp3) is 0.526. The molecule has 26 heavy (non-hydrogen) atoms. The van der Waals surface area contributed by atoms with E-state index in [0.29, 0.717) is 11.3 Å². The summed E-state index contributed by atoms with van der Waals surface area (Å²) in [5.41, 5.74) is 2.52. The predicted octanol–water partition coefficient (Wildman–Crippen LogP) is 5.50. The van der Waals surface area contributed by atoms with E-state index in [1.807, 2.05) is 14.0 Å². The van der Waals surface area contributed by atoms with Crippen LogP contribution in [0.4, 0.5) is 13.2 Å². The molecule has 2 rings (SSSR count). The van der Waals surface area contributed by atoms with Gasteiger partial charge < -0.3 is 4.43 Å². The van der Waals surface area contributed by atoms with Gasteiger partial charge in [-0.25, -0.2) is 0 Å². The second kappa shape index (κ2) is 7.19. The number of hydrogen-bond acceptors (Lipinski definition) is 2. The minimum Gasteiger partial charge on any atom is -0.412 e. The third-order valence-corrected chi connectivity index (χ3v) is 5.08. The average molecular weight is 385 g/mol. The number of benzene rings is 1. The Bertz CT molecular complexity index is 759. The molecule has 0 fully saturated rings. The Labute approximate surface area is 154 Å². The molecule has 144 valence electrons. The summed E-state index contributed by atoms with van der Waals surface area (Å²) in [6.45, 7) is 12.6. The van der Waals surface area contributed by atoms with Crippen molar-refractivity contribution < 1.29 is 17.6 Å². The molecule has 1 aromatic heterocycles. The lowest BCUT2D eigenvalue weighted by molar-refractivity contribution is -0.137. The second-order valence-corrected chi connectivity index (χ2v) is 10.4. The smallest absolute Gasteiger partial charge is 0.412 e. The van der Waals surface area contributed by atoms with Crippen LogP contribution >= 0.6 is 0 Å². The molecular formula is C19H27F3N2OSi. The van der Waals surface area contributed by atoms with Crippen LogP contribution in [0.5, 0.6) is 0 Å². The molecule has 0 N–H and O–H groups in total. The fourth-order valence-corrected chi connectivity index (χ4v) is 4.13. The second-order valence-electron chi connectivity index (χ2n) is 7.99. The summed E-state index contributed by atoms with van der Waals surface area (Å²) in [7, 11) is 0.565. The summed E-state index contributed by atoms with van der Waals surface area (Å²) < 4.78 is 46.5. The van der Waals surface area contributed by atoms with Crippen LogP contribution < -0.4 is 0 Å². The molecule has 1 atom stereocenters. The monoisotopic (exact) mass is 384 g/mol. The molecule has 0 saturated carbocycles. The van der Waals surface area contributed by atoms with Gasteiger partial charge in [0.15, 0.2) is 9.04 Å². The maximum Gasteiger partial charge on any atom is 0.416 e. The van der Waals surface area contributed by atoms with E-state index in [1.54, 1.807) is 4.68 Å². The molecule has 1 aromatic carbocycles. The van der Waals surface area contributed by atoms with Crippen LogP contribution in [0.1, 0.15) is 43.7 Å². The number of aryl methyl sites for hydroxylation is 1. The maximum atomic E-state index is 12.8. The van der Waals surface area contributed by atoms with Crippen LogP contribution in [-0.2, 0) is 17.6 Å². The summed E-state index contributed by atoms with van der Waals surface area (Å²) in [5.74, 6) is 0. The van der Waals surface area contributed by atoms with Gasteiger partial charge in [-0.2, -0.15) is 18.3 Å². The molecule has 0 radical (unpaired) electrons. The van der Waals surface area contributed by atoms with Crippen LogP contribution in [0, 0.1) is 12.3 Å². The van der Waals surface area contributed by atoms with Crippen LogP contribution in [0.15, 0.2) is 24.3 Å². The molecule has 0 amide bonds. The zero-order valence-corrected chi connectivity index (χ0v) is 17.6. The minimum absolute atomic E-state index is 0.116. The number of nitrogens with zero attached hydrogens (tertiary/aromatic N) is 2. The van der Waals surface area contributed by atoms with Crippen molar-refractivity contribution >= 4 is 9.04 Å². The maximum absolute atomic E-state index is 12.8. The Kier molecular flexibility index (Phi) is 5.73. The Morgan fingerprint density at radius 3 is 2.04 bits per heavy atom. The first-order valence-corrected chi connectivity index (χ1v) is 11.5. The highest BCUT2D eigenvalue weighted by atomic mass is 28.3. The average Bonchev–Trinajstić information content (AvgIpc) is 2.78. The normalized spacial score (nSPS) is 14.1. The largest absolute Gasteiger partial charge is 0.416 e. The molecule has 3 nitrogen and oxygen atoms in total. The fourth-order valence-electron chi connectivity index (χ4n) is 3.05. The van der Waals surface area contributed by atoms with Gasteiger partial charge in [0.05, 0.1) is 23.1 Å². The zero-order chi connectivity index (χ0) is 19.9. The topological polar surface area (TPSA) is 27.1 Å². The van der Waals surface area contributed by atoms with Gasteiger partial charge in [-0.1, -0.05) is 32.9 Å². The highest BCUT2D eigenvalue weighted by molar-refractivity contribution is 6.48. The van der Waals surface area contributed by atoms with Crippen molar-refractivity contribution in [3.05, 3.63) is 41.1 Å². The van der Waals surface area contributed by atoms with Crippen LogP contribution in [-0.4, -0.2) is 18.8 Å². The molecule has 7 heteroatoms. The molecule has 0 aliphatic carbocycles. The summed E-state index contributed by atoms with van der Waals surface area (Å²) in [5, 5.41) is 4.58. The summed E-state index contributed by atoms with van der Waals surface area (Å²) in [6.07, 6.45) is -4.45. The van der Waals surface area contributed by atoms with Gasteiger partial charge in [0.2, 0.25) is 0 Å². The SMILES string of the molecule is Cc1c(-c2ccc(C(F)(F)F)cc2)nn(C)c1C(O[SiH](C)C)C(C)(C)C. The predicted molar refractivity (Wildman–Crippen MR) is 101 cm³/mol. The molecule has 1 heterocycles. The third kappa shape index (κ3) is 4.38. The van der Waals surface area contributed by atoms with Crippen molar-refractivity contribution in [1.82, 2.24) is 9.78 Å². The summed E-state index contributed by atoms with van der Waals surface area (Å²) in [4.78, 5) is 0. The van der Waals surface area contributed by atoms with E-state index in [-0.39, 0.29) is 11.5 Å². The van der Waals surface area contributed by atoms with Gasteiger partial charge in [0.1, 0.15) is 0 Å². The first-order valence-electron chi connectivity index (χ1n) is 8.69. The summed E-state index contributed by atoms with van der Waals surface area (Å²) in [6, 6.07) is 5.15. The van der Waals surface area contributed by atoms with Gasteiger partial charge in [-0.3, -0.25) is 4.68 Å². The summed E-state index contributed by atoms with van der Waals surface area (Å²) >= 11 is 0. The van der Waals surface area contributed by atoms with E-state index in [9.17, 15) is 13.2 Å². The standard InChI is InChI=1S/C19H27F3N2OSi/c1-12-15(13-8-10-14(11-9-13)19(20,21)22)23-24(5)16(12)17(18(2,3)4)25-26(6)7/h8-11,17,26H,1-7H3. The number of alkyl halides is 3. The van der Waals surface area contributed by atoms with Crippen LogP contribution in [0.25, 0.3) is 11.3 Å². The highest BCUT2D eigenvalue weighted by Crippen LogP contribution is 2.40. The first-order chi connectivity index (χ1) is 11.8. The quantitative estimate of drug-likeness (QED) is 0.651. The van der Waals surface area contributed by atoms with Crippen LogP contribution in [0.3, 0.4) is 0 Å². The van der Waals surface area contributed by atoms with Gasteiger partial charge >= 0.3 is 6.18 Å². The Hall–Kier alpha value is -1.60. The van der Waals surface area contributed by atoms with Gasteiger partial charge in [0, 0.05) is 18.2 Å². The molecule has 0 aliphatic rings. The molecule has 1 unspecified atom stereocenters. The first kappa shape index (κ1) is 20.7. The van der Waals surface area contributed by atoms with E-state index in [4.69, 9.17) is 4.43 Å². The molecular weight excluding hydrogens is 357 g/mol. The lowest BCUT2D eigenvalue weighted by atomic mass is 9.85. The zero-order valence-electron chi connectivity index (χ0n) is 16.4. The van der Waals surface area contributed by atoms with E-state index >= 15 is 0 Å². The van der Waals surface area contributed by atoms with Crippen molar-refractivity contribution in [1.29, 1.82) is 0 Å². The molecule has 2 aromatic rings. The van der Waals surface area contributed by atoms with E-state index < -0.39 is 20.8 Å². The van der Waals surface area contributed by atoms with E-state index in [1.165, 1.54) is 12.1 Å². The van der Waals surface area contributed by atoms with Crippen molar-refractivity contribution in [2.75, 3.05) is 0 Å². The third-order valence-electron chi connectivity index (χ3n) is 4.27. The van der Waals surface area contributed by atoms with Gasteiger partial charge in [-0.05, 0) is 37.6 Å². The molecule has 0 saturated heterocycles. The Morgan fingerprint density at radius 1 is 1.08 bits per heavy atom. The van der Waals surface area contributed by atoms with E-state index in [0.717, 1.165) is 23.4 Å². The Balaban J connectivity index is 2.50. The molecule has 0 aliphatic heterocycles. The van der Waals surface area contributed by atoms with Gasteiger partial charge in [0.25, 0.3) is 0 Å². The number of halogens is 3. The van der Waals surface area contributed by atoms with Crippen molar-refractivity contribution in [3.63, 3.8) is 0 Å². The number of rotatable bonds is 4. The highest BCUT2D eigenvalue weighted by Gasteiger charge is 2.33. The molecule has 0 bridgehead atoms. The number of hydrogen-bond donors (Lipinski definition) is 0. The van der Waals surface area contributed by atoms with Gasteiger partial charge in [-0.15, -0.1) is 0 Å². The van der Waals surface area contributed by atoms with Crippen molar-refractivity contribution in [2.24, 2.45) is 12.5 Å².